The predicted octanol–water partition coefficient (Wildman–Crippen LogP) is 3.28. The summed E-state index contributed by atoms with van der Waals surface area (Å²) in [5.41, 5.74) is 2.16. The molecule has 1 heterocycles. The van der Waals surface area contributed by atoms with E-state index in [-0.39, 0.29) is 24.1 Å². The first-order valence-corrected chi connectivity index (χ1v) is 10.8. The number of carbonyl (C=O) groups is 2. The first kappa shape index (κ1) is 22.4. The fourth-order valence-electron chi connectivity index (χ4n) is 3.02. The Hall–Kier alpha value is -3.33. The normalized spacial score (nSPS) is 10.5. The number of hydrogen-bond donors (Lipinski definition) is 2. The van der Waals surface area contributed by atoms with Crippen molar-refractivity contribution in [1.82, 2.24) is 20.1 Å². The Morgan fingerprint density at radius 3 is 2.58 bits per heavy atom. The Bertz CT molecular complexity index is 1070. The summed E-state index contributed by atoms with van der Waals surface area (Å²) in [7, 11) is 1.56. The Labute approximate surface area is 185 Å². The summed E-state index contributed by atoms with van der Waals surface area (Å²) in [6.45, 7) is 4.74. The summed E-state index contributed by atoms with van der Waals surface area (Å²) in [5, 5.41) is 14.7. The molecule has 0 aliphatic heterocycles. The van der Waals surface area contributed by atoms with Crippen LogP contribution in [0.1, 0.15) is 28.7 Å². The van der Waals surface area contributed by atoms with Crippen molar-refractivity contribution in [2.24, 2.45) is 0 Å². The second-order valence-corrected chi connectivity index (χ2v) is 7.62. The lowest BCUT2D eigenvalue weighted by molar-refractivity contribution is -0.113. The lowest BCUT2D eigenvalue weighted by Gasteiger charge is -2.10. The zero-order valence-electron chi connectivity index (χ0n) is 17.7. The number of hydrogen-bond acceptors (Lipinski definition) is 6. The maximum Gasteiger partial charge on any atom is 0.251 e. The Morgan fingerprint density at radius 2 is 1.84 bits per heavy atom. The molecule has 3 aromatic rings. The summed E-state index contributed by atoms with van der Waals surface area (Å²) >= 11 is 1.29. The molecule has 2 N–H and O–H groups in total. The summed E-state index contributed by atoms with van der Waals surface area (Å²) in [5.74, 6) is 1.08. The Morgan fingerprint density at radius 1 is 1.10 bits per heavy atom. The number of aryl methyl sites for hydroxylation is 1. The molecule has 31 heavy (non-hydrogen) atoms. The molecule has 8 nitrogen and oxygen atoms in total. The van der Waals surface area contributed by atoms with Crippen LogP contribution in [0.15, 0.2) is 53.7 Å². The summed E-state index contributed by atoms with van der Waals surface area (Å²) in [6, 6.07) is 14.7. The van der Waals surface area contributed by atoms with Crippen LogP contribution in [-0.4, -0.2) is 39.4 Å². The summed E-state index contributed by atoms with van der Waals surface area (Å²) in [6.07, 6.45) is 0. The van der Waals surface area contributed by atoms with Gasteiger partial charge in [-0.05, 0) is 37.6 Å². The molecule has 0 radical (unpaired) electrons. The zero-order valence-corrected chi connectivity index (χ0v) is 18.5. The molecule has 0 spiro atoms. The molecule has 0 unspecified atom stereocenters. The molecule has 0 aliphatic carbocycles. The van der Waals surface area contributed by atoms with E-state index < -0.39 is 0 Å². The molecule has 2 amide bonds. The van der Waals surface area contributed by atoms with Gasteiger partial charge < -0.3 is 19.9 Å². The van der Waals surface area contributed by atoms with Crippen LogP contribution in [-0.2, 0) is 17.9 Å². The topological polar surface area (TPSA) is 98.1 Å². The van der Waals surface area contributed by atoms with Gasteiger partial charge in [-0.1, -0.05) is 42.1 Å². The molecule has 2 aromatic carbocycles. The largest absolute Gasteiger partial charge is 0.495 e. The van der Waals surface area contributed by atoms with Crippen LogP contribution in [0, 0.1) is 6.92 Å². The molecule has 1 aromatic heterocycles. The van der Waals surface area contributed by atoms with Crippen LogP contribution in [0.4, 0.5) is 5.69 Å². The van der Waals surface area contributed by atoms with E-state index in [0.717, 1.165) is 5.56 Å². The second-order valence-electron chi connectivity index (χ2n) is 6.68. The molecule has 0 bridgehead atoms. The molecule has 9 heteroatoms. The van der Waals surface area contributed by atoms with E-state index in [9.17, 15) is 9.59 Å². The smallest absolute Gasteiger partial charge is 0.251 e. The van der Waals surface area contributed by atoms with Gasteiger partial charge in [0.15, 0.2) is 11.0 Å². The van der Waals surface area contributed by atoms with Gasteiger partial charge in [-0.3, -0.25) is 9.59 Å². The minimum atomic E-state index is -0.172. The van der Waals surface area contributed by atoms with E-state index in [2.05, 4.69) is 20.8 Å². The fourth-order valence-corrected chi connectivity index (χ4v) is 3.84. The number of rotatable bonds is 9. The molecule has 162 valence electrons. The highest BCUT2D eigenvalue weighted by Crippen LogP contribution is 2.24. The molecule has 0 aliphatic rings. The van der Waals surface area contributed by atoms with Gasteiger partial charge in [0, 0.05) is 12.1 Å². The van der Waals surface area contributed by atoms with E-state index in [1.54, 1.807) is 25.3 Å². The van der Waals surface area contributed by atoms with Gasteiger partial charge in [0.25, 0.3) is 5.91 Å². The highest BCUT2D eigenvalue weighted by Gasteiger charge is 2.15. The number of amides is 2. The predicted molar refractivity (Wildman–Crippen MR) is 120 cm³/mol. The number of nitrogens with zero attached hydrogens (tertiary/aromatic N) is 3. The van der Waals surface area contributed by atoms with Crippen molar-refractivity contribution >= 4 is 29.3 Å². The van der Waals surface area contributed by atoms with Crippen LogP contribution in [0.3, 0.4) is 0 Å². The van der Waals surface area contributed by atoms with Crippen molar-refractivity contribution in [1.29, 1.82) is 0 Å². The van der Waals surface area contributed by atoms with E-state index in [1.807, 2.05) is 48.7 Å². The van der Waals surface area contributed by atoms with Crippen LogP contribution >= 0.6 is 11.8 Å². The number of thioether (sulfide) groups is 1. The molecular weight excluding hydrogens is 414 g/mol. The number of methoxy groups -OCH3 is 1. The molecule has 0 fully saturated rings. The third kappa shape index (κ3) is 5.64. The number of aromatic nitrogens is 3. The van der Waals surface area contributed by atoms with Crippen molar-refractivity contribution < 1.29 is 14.3 Å². The van der Waals surface area contributed by atoms with Gasteiger partial charge in [0.2, 0.25) is 5.91 Å². The molecular formula is C22H25N5O3S. The second kappa shape index (κ2) is 10.6. The zero-order chi connectivity index (χ0) is 22.2. The van der Waals surface area contributed by atoms with E-state index in [4.69, 9.17) is 4.74 Å². The van der Waals surface area contributed by atoms with Gasteiger partial charge in [0.1, 0.15) is 5.75 Å². The number of ether oxygens (including phenoxy) is 1. The molecule has 0 saturated carbocycles. The maximum absolute atomic E-state index is 12.4. The number of nitrogens with one attached hydrogen (secondary N) is 2. The minimum absolute atomic E-state index is 0.158. The van der Waals surface area contributed by atoms with Gasteiger partial charge >= 0.3 is 0 Å². The number of anilines is 1. The number of carbonyl (C=O) groups excluding carboxylic acids is 2. The highest BCUT2D eigenvalue weighted by atomic mass is 32.2. The monoisotopic (exact) mass is 439 g/mol. The van der Waals surface area contributed by atoms with Crippen LogP contribution in [0.2, 0.25) is 0 Å². The summed E-state index contributed by atoms with van der Waals surface area (Å²) < 4.78 is 7.14. The average molecular weight is 440 g/mol. The van der Waals surface area contributed by atoms with E-state index in [1.165, 1.54) is 11.8 Å². The van der Waals surface area contributed by atoms with Gasteiger partial charge in [-0.2, -0.15) is 0 Å². The van der Waals surface area contributed by atoms with Gasteiger partial charge in [-0.15, -0.1) is 10.2 Å². The first-order chi connectivity index (χ1) is 15.0. The Balaban J connectivity index is 1.59. The highest BCUT2D eigenvalue weighted by molar-refractivity contribution is 7.99. The number of para-hydroxylation sites is 2. The lowest BCUT2D eigenvalue weighted by Crippen LogP contribution is -2.25. The third-order valence-electron chi connectivity index (χ3n) is 4.62. The quantitative estimate of drug-likeness (QED) is 0.497. The summed E-state index contributed by atoms with van der Waals surface area (Å²) in [4.78, 5) is 24.8. The van der Waals surface area contributed by atoms with Crippen LogP contribution in [0.25, 0.3) is 0 Å². The van der Waals surface area contributed by atoms with Crippen molar-refractivity contribution in [2.75, 3.05) is 18.2 Å². The molecule has 0 saturated heterocycles. The molecule has 3 rings (SSSR count). The van der Waals surface area contributed by atoms with Gasteiger partial charge in [0.05, 0.1) is 25.1 Å². The maximum atomic E-state index is 12.4. The fraction of sp³-hybridized carbons (Fsp3) is 0.273. The minimum Gasteiger partial charge on any atom is -0.495 e. The number of benzene rings is 2. The van der Waals surface area contributed by atoms with Crippen molar-refractivity contribution in [3.8, 4) is 5.75 Å². The average Bonchev–Trinajstić information content (AvgIpc) is 3.18. The van der Waals surface area contributed by atoms with Crippen molar-refractivity contribution in [2.45, 2.75) is 32.1 Å². The lowest BCUT2D eigenvalue weighted by atomic mass is 10.1. The van der Waals surface area contributed by atoms with Crippen molar-refractivity contribution in [3.63, 3.8) is 0 Å². The Kier molecular flexibility index (Phi) is 7.66. The van der Waals surface area contributed by atoms with E-state index in [0.29, 0.717) is 34.5 Å². The molecule has 0 atom stereocenters. The third-order valence-corrected chi connectivity index (χ3v) is 5.59. The van der Waals surface area contributed by atoms with E-state index >= 15 is 0 Å². The van der Waals surface area contributed by atoms with Gasteiger partial charge in [-0.25, -0.2) is 0 Å². The standard InChI is InChI=1S/C22H25N5O3S/c1-4-27-19(13-23-21(29)16-10-6-5-9-15(16)2)25-26-22(27)31-14-20(28)24-17-11-7-8-12-18(17)30-3/h5-12H,4,13-14H2,1-3H3,(H,23,29)(H,24,28). The van der Waals surface area contributed by atoms with Crippen LogP contribution in [0.5, 0.6) is 5.75 Å². The first-order valence-electron chi connectivity index (χ1n) is 9.85. The SMILES string of the molecule is CCn1c(CNC(=O)c2ccccc2C)nnc1SCC(=O)Nc1ccccc1OC. The van der Waals surface area contributed by atoms with Crippen molar-refractivity contribution in [3.05, 3.63) is 65.5 Å². The van der Waals surface area contributed by atoms with Crippen LogP contribution < -0.4 is 15.4 Å².